The Morgan fingerprint density at radius 2 is 2.17 bits per heavy atom. The van der Waals surface area contributed by atoms with E-state index in [0.29, 0.717) is 12.6 Å². The Labute approximate surface area is 114 Å². The number of rotatable bonds is 6. The molecule has 2 rings (SSSR count). The van der Waals surface area contributed by atoms with Gasteiger partial charge in [-0.1, -0.05) is 11.6 Å². The van der Waals surface area contributed by atoms with Crippen molar-refractivity contribution in [2.24, 2.45) is 5.73 Å². The van der Waals surface area contributed by atoms with Gasteiger partial charge in [-0.15, -0.1) is 0 Å². The highest BCUT2D eigenvalue weighted by molar-refractivity contribution is 6.30. The number of aliphatic hydroxyl groups excluding tert-OH is 1. The second-order valence-electron chi connectivity index (χ2n) is 4.83. The van der Waals surface area contributed by atoms with Crippen molar-refractivity contribution in [1.82, 2.24) is 0 Å². The van der Waals surface area contributed by atoms with Crippen molar-refractivity contribution in [2.45, 2.75) is 38.3 Å². The first-order valence-corrected chi connectivity index (χ1v) is 7.00. The lowest BCUT2D eigenvalue weighted by atomic mass is 9.90. The number of nitrogens with zero attached hydrogens (tertiary/aromatic N) is 1. The number of nitrogens with two attached hydrogens (primary N) is 1. The first kappa shape index (κ1) is 13.7. The van der Waals surface area contributed by atoms with Crippen LogP contribution in [-0.4, -0.2) is 24.3 Å². The summed E-state index contributed by atoms with van der Waals surface area (Å²) in [6.07, 6.45) is 4.56. The van der Waals surface area contributed by atoms with Crippen LogP contribution in [0.25, 0.3) is 0 Å². The fourth-order valence-corrected chi connectivity index (χ4v) is 2.63. The molecule has 0 unspecified atom stereocenters. The second-order valence-corrected chi connectivity index (χ2v) is 5.27. The van der Waals surface area contributed by atoms with Gasteiger partial charge in [0.2, 0.25) is 0 Å². The van der Waals surface area contributed by atoms with E-state index in [1.165, 1.54) is 24.9 Å². The molecule has 1 aromatic rings. The van der Waals surface area contributed by atoms with Crippen LogP contribution in [-0.2, 0) is 6.54 Å². The Hall–Kier alpha value is -0.770. The molecule has 0 spiro atoms. The van der Waals surface area contributed by atoms with Crippen LogP contribution in [0, 0.1) is 0 Å². The minimum atomic E-state index is 0.231. The number of anilines is 1. The summed E-state index contributed by atoms with van der Waals surface area (Å²) >= 11 is 6.02. The summed E-state index contributed by atoms with van der Waals surface area (Å²) in [5, 5.41) is 9.76. The molecule has 1 aliphatic rings. The molecule has 1 saturated carbocycles. The highest BCUT2D eigenvalue weighted by Gasteiger charge is 2.26. The standard InChI is InChI=1S/C14H21ClN2O/c15-12-5-6-14(11(9-12)10-16)17(7-2-8-18)13-3-1-4-13/h5-6,9,13,18H,1-4,7-8,10,16H2. The zero-order valence-corrected chi connectivity index (χ0v) is 11.4. The summed E-state index contributed by atoms with van der Waals surface area (Å²) in [6.45, 7) is 1.61. The van der Waals surface area contributed by atoms with Crippen LogP contribution in [0.4, 0.5) is 5.69 Å². The van der Waals surface area contributed by atoms with Crippen LogP contribution < -0.4 is 10.6 Å². The molecule has 0 bridgehead atoms. The van der Waals surface area contributed by atoms with Gasteiger partial charge >= 0.3 is 0 Å². The molecular formula is C14H21ClN2O. The quantitative estimate of drug-likeness (QED) is 0.834. The molecule has 0 aliphatic heterocycles. The molecule has 100 valence electrons. The van der Waals surface area contributed by atoms with E-state index in [1.54, 1.807) is 0 Å². The third-order valence-corrected chi connectivity index (χ3v) is 3.88. The molecule has 0 saturated heterocycles. The molecule has 0 radical (unpaired) electrons. The molecule has 0 amide bonds. The zero-order valence-electron chi connectivity index (χ0n) is 10.6. The maximum Gasteiger partial charge on any atom is 0.0447 e. The Morgan fingerprint density at radius 1 is 1.39 bits per heavy atom. The SMILES string of the molecule is NCc1cc(Cl)ccc1N(CCCO)C1CCC1. The lowest BCUT2D eigenvalue weighted by Crippen LogP contribution is -2.41. The van der Waals surface area contributed by atoms with Crippen LogP contribution in [0.15, 0.2) is 18.2 Å². The van der Waals surface area contributed by atoms with E-state index in [-0.39, 0.29) is 6.61 Å². The van der Waals surface area contributed by atoms with Gasteiger partial charge < -0.3 is 15.7 Å². The van der Waals surface area contributed by atoms with Gasteiger partial charge in [-0.05, 0) is 49.4 Å². The van der Waals surface area contributed by atoms with E-state index in [9.17, 15) is 0 Å². The smallest absolute Gasteiger partial charge is 0.0447 e. The van der Waals surface area contributed by atoms with E-state index >= 15 is 0 Å². The van der Waals surface area contributed by atoms with Crippen LogP contribution >= 0.6 is 11.6 Å². The van der Waals surface area contributed by atoms with Gasteiger partial charge in [0.25, 0.3) is 0 Å². The summed E-state index contributed by atoms with van der Waals surface area (Å²) in [4.78, 5) is 2.39. The van der Waals surface area contributed by atoms with E-state index < -0.39 is 0 Å². The summed E-state index contributed by atoms with van der Waals surface area (Å²) in [7, 11) is 0. The van der Waals surface area contributed by atoms with Crippen LogP contribution in [0.2, 0.25) is 5.02 Å². The van der Waals surface area contributed by atoms with Crippen molar-refractivity contribution >= 4 is 17.3 Å². The lowest BCUT2D eigenvalue weighted by molar-refractivity contribution is 0.283. The van der Waals surface area contributed by atoms with Gasteiger partial charge in [-0.2, -0.15) is 0 Å². The first-order chi connectivity index (χ1) is 8.76. The Balaban J connectivity index is 2.22. The van der Waals surface area contributed by atoms with Gasteiger partial charge in [0.05, 0.1) is 0 Å². The topological polar surface area (TPSA) is 49.5 Å². The van der Waals surface area contributed by atoms with Gasteiger partial charge in [-0.3, -0.25) is 0 Å². The fourth-order valence-electron chi connectivity index (χ4n) is 2.44. The fraction of sp³-hybridized carbons (Fsp3) is 0.571. The Morgan fingerprint density at radius 3 is 2.72 bits per heavy atom. The number of aliphatic hydroxyl groups is 1. The van der Waals surface area contributed by atoms with Crippen molar-refractivity contribution in [3.05, 3.63) is 28.8 Å². The third-order valence-electron chi connectivity index (χ3n) is 3.64. The van der Waals surface area contributed by atoms with Gasteiger partial charge in [-0.25, -0.2) is 0 Å². The number of hydrogen-bond donors (Lipinski definition) is 2. The molecular weight excluding hydrogens is 248 g/mol. The highest BCUT2D eigenvalue weighted by Crippen LogP contribution is 2.32. The van der Waals surface area contributed by atoms with Crippen molar-refractivity contribution < 1.29 is 5.11 Å². The average Bonchev–Trinajstić information content (AvgIpc) is 2.32. The summed E-state index contributed by atoms with van der Waals surface area (Å²) in [5.41, 5.74) is 8.08. The molecule has 1 fully saturated rings. The van der Waals surface area contributed by atoms with Gasteiger partial charge in [0, 0.05) is 36.4 Å². The van der Waals surface area contributed by atoms with E-state index in [4.69, 9.17) is 22.4 Å². The summed E-state index contributed by atoms with van der Waals surface area (Å²) in [6, 6.07) is 6.52. The van der Waals surface area contributed by atoms with Crippen molar-refractivity contribution in [3.8, 4) is 0 Å². The van der Waals surface area contributed by atoms with Crippen LogP contribution in [0.3, 0.4) is 0 Å². The molecule has 18 heavy (non-hydrogen) atoms. The zero-order chi connectivity index (χ0) is 13.0. The molecule has 0 atom stereocenters. The molecule has 3 nitrogen and oxygen atoms in total. The predicted octanol–water partition coefficient (Wildman–Crippen LogP) is 2.54. The monoisotopic (exact) mass is 268 g/mol. The molecule has 3 N–H and O–H groups in total. The number of hydrogen-bond acceptors (Lipinski definition) is 3. The normalized spacial score (nSPS) is 15.5. The van der Waals surface area contributed by atoms with Crippen molar-refractivity contribution in [3.63, 3.8) is 0 Å². The van der Waals surface area contributed by atoms with Crippen LogP contribution in [0.5, 0.6) is 0 Å². The Bertz CT molecular complexity index is 393. The largest absolute Gasteiger partial charge is 0.396 e. The van der Waals surface area contributed by atoms with E-state index in [2.05, 4.69) is 11.0 Å². The maximum atomic E-state index is 9.03. The number of halogens is 1. The van der Waals surface area contributed by atoms with E-state index in [1.807, 2.05) is 12.1 Å². The summed E-state index contributed by atoms with van der Waals surface area (Å²) < 4.78 is 0. The molecule has 0 heterocycles. The van der Waals surface area contributed by atoms with Gasteiger partial charge in [0.15, 0.2) is 0 Å². The number of benzene rings is 1. The van der Waals surface area contributed by atoms with Crippen molar-refractivity contribution in [1.29, 1.82) is 0 Å². The van der Waals surface area contributed by atoms with Gasteiger partial charge in [0.1, 0.15) is 0 Å². The molecule has 1 aromatic carbocycles. The molecule has 4 heteroatoms. The predicted molar refractivity (Wildman–Crippen MR) is 76.0 cm³/mol. The minimum absolute atomic E-state index is 0.231. The van der Waals surface area contributed by atoms with E-state index in [0.717, 1.165) is 23.6 Å². The lowest BCUT2D eigenvalue weighted by Gasteiger charge is -2.40. The average molecular weight is 269 g/mol. The van der Waals surface area contributed by atoms with Crippen molar-refractivity contribution in [2.75, 3.05) is 18.1 Å². The highest BCUT2D eigenvalue weighted by atomic mass is 35.5. The minimum Gasteiger partial charge on any atom is -0.396 e. The molecule has 1 aliphatic carbocycles. The second kappa shape index (κ2) is 6.41. The summed E-state index contributed by atoms with van der Waals surface area (Å²) in [5.74, 6) is 0. The first-order valence-electron chi connectivity index (χ1n) is 6.62. The third kappa shape index (κ3) is 2.97. The Kier molecular flexibility index (Phi) is 4.87. The molecule has 0 aromatic heterocycles. The maximum absolute atomic E-state index is 9.03. The van der Waals surface area contributed by atoms with Crippen LogP contribution in [0.1, 0.15) is 31.2 Å².